The Morgan fingerprint density at radius 2 is 1.96 bits per heavy atom. The van der Waals surface area contributed by atoms with Crippen molar-refractivity contribution in [3.8, 4) is 0 Å². The summed E-state index contributed by atoms with van der Waals surface area (Å²) in [6, 6.07) is 7.71. The minimum Gasteiger partial charge on any atom is -0.322 e. The molecule has 0 aliphatic heterocycles. The number of carbonyl (C=O) groups excluding carboxylic acids is 2. The summed E-state index contributed by atoms with van der Waals surface area (Å²) in [5.41, 5.74) is 3.57. The van der Waals surface area contributed by atoms with Crippen molar-refractivity contribution in [3.05, 3.63) is 45.8 Å². The molecule has 1 atom stereocenters. The standard InChI is InChI=1S/C19H22N2O2S/c1-11-8-9-14-16(10-11)24-19(20-13(3)22)17(14)18(23)21-15-7-5-4-6-12(15)2/h4-7,11H,8-10H2,1-3H3,(H,20,22)(H,21,23)/t11-/m0/s1. The molecule has 0 fully saturated rings. The number of para-hydroxylation sites is 1. The smallest absolute Gasteiger partial charge is 0.258 e. The fourth-order valence-corrected chi connectivity index (χ4v) is 4.59. The predicted molar refractivity (Wildman–Crippen MR) is 98.9 cm³/mol. The molecule has 5 heteroatoms. The zero-order valence-electron chi connectivity index (χ0n) is 14.2. The molecule has 24 heavy (non-hydrogen) atoms. The van der Waals surface area contributed by atoms with E-state index in [9.17, 15) is 9.59 Å². The average molecular weight is 342 g/mol. The Kier molecular flexibility index (Phi) is 4.71. The molecule has 0 bridgehead atoms. The third-order valence-electron chi connectivity index (χ3n) is 4.42. The van der Waals surface area contributed by atoms with Gasteiger partial charge in [0, 0.05) is 17.5 Å². The van der Waals surface area contributed by atoms with Crippen molar-refractivity contribution in [3.63, 3.8) is 0 Å². The highest BCUT2D eigenvalue weighted by molar-refractivity contribution is 7.17. The van der Waals surface area contributed by atoms with E-state index in [2.05, 4.69) is 17.6 Å². The molecular formula is C19H22N2O2S. The Morgan fingerprint density at radius 3 is 2.67 bits per heavy atom. The van der Waals surface area contributed by atoms with E-state index in [0.717, 1.165) is 36.1 Å². The molecule has 1 aromatic heterocycles. The van der Waals surface area contributed by atoms with Crippen molar-refractivity contribution in [1.29, 1.82) is 0 Å². The largest absolute Gasteiger partial charge is 0.322 e. The molecule has 1 heterocycles. The molecule has 1 aliphatic carbocycles. The SMILES string of the molecule is CC(=O)Nc1sc2c(c1C(=O)Nc1ccccc1C)CC[C@H](C)C2. The average Bonchev–Trinajstić information content (AvgIpc) is 2.85. The van der Waals surface area contributed by atoms with E-state index in [1.54, 1.807) is 11.3 Å². The summed E-state index contributed by atoms with van der Waals surface area (Å²) in [6.07, 6.45) is 2.95. The highest BCUT2D eigenvalue weighted by atomic mass is 32.1. The molecule has 0 spiro atoms. The second-order valence-corrected chi connectivity index (χ2v) is 7.61. The van der Waals surface area contributed by atoms with Crippen LogP contribution in [0.15, 0.2) is 24.3 Å². The van der Waals surface area contributed by atoms with Crippen LogP contribution in [-0.4, -0.2) is 11.8 Å². The van der Waals surface area contributed by atoms with Gasteiger partial charge in [0.05, 0.1) is 5.56 Å². The quantitative estimate of drug-likeness (QED) is 0.869. The van der Waals surface area contributed by atoms with Gasteiger partial charge >= 0.3 is 0 Å². The number of aryl methyl sites for hydroxylation is 1. The van der Waals surface area contributed by atoms with Gasteiger partial charge in [-0.15, -0.1) is 11.3 Å². The number of fused-ring (bicyclic) bond motifs is 1. The minimum atomic E-state index is -0.147. The maximum atomic E-state index is 12.9. The van der Waals surface area contributed by atoms with Crippen molar-refractivity contribution >= 4 is 33.8 Å². The van der Waals surface area contributed by atoms with Crippen molar-refractivity contribution in [2.75, 3.05) is 10.6 Å². The second kappa shape index (κ2) is 6.77. The monoisotopic (exact) mass is 342 g/mol. The van der Waals surface area contributed by atoms with Crippen LogP contribution < -0.4 is 10.6 Å². The summed E-state index contributed by atoms with van der Waals surface area (Å²) in [6.45, 7) is 5.67. The van der Waals surface area contributed by atoms with E-state index in [1.807, 2.05) is 31.2 Å². The third-order valence-corrected chi connectivity index (χ3v) is 5.59. The van der Waals surface area contributed by atoms with Crippen LogP contribution in [0.25, 0.3) is 0 Å². The fourth-order valence-electron chi connectivity index (χ4n) is 3.14. The van der Waals surface area contributed by atoms with Gasteiger partial charge < -0.3 is 10.6 Å². The van der Waals surface area contributed by atoms with Crippen molar-refractivity contribution in [2.45, 2.75) is 40.0 Å². The van der Waals surface area contributed by atoms with Gasteiger partial charge in [-0.25, -0.2) is 0 Å². The first-order valence-corrected chi connectivity index (χ1v) is 9.06. The van der Waals surface area contributed by atoms with Crippen LogP contribution in [0, 0.1) is 12.8 Å². The summed E-state index contributed by atoms with van der Waals surface area (Å²) in [5, 5.41) is 6.52. The summed E-state index contributed by atoms with van der Waals surface area (Å²) >= 11 is 1.54. The van der Waals surface area contributed by atoms with Gasteiger partial charge in [0.15, 0.2) is 0 Å². The van der Waals surface area contributed by atoms with Gasteiger partial charge in [-0.1, -0.05) is 25.1 Å². The second-order valence-electron chi connectivity index (χ2n) is 6.51. The number of hydrogen-bond acceptors (Lipinski definition) is 3. The Morgan fingerprint density at radius 1 is 1.21 bits per heavy atom. The minimum absolute atomic E-state index is 0.139. The van der Waals surface area contributed by atoms with Crippen LogP contribution in [0.5, 0.6) is 0 Å². The van der Waals surface area contributed by atoms with Gasteiger partial charge in [0.2, 0.25) is 5.91 Å². The third kappa shape index (κ3) is 3.36. The first kappa shape index (κ1) is 16.7. The zero-order chi connectivity index (χ0) is 17.3. The van der Waals surface area contributed by atoms with Crippen LogP contribution in [0.3, 0.4) is 0 Å². The highest BCUT2D eigenvalue weighted by Crippen LogP contribution is 2.40. The molecule has 126 valence electrons. The van der Waals surface area contributed by atoms with Gasteiger partial charge in [-0.3, -0.25) is 9.59 Å². The summed E-state index contributed by atoms with van der Waals surface area (Å²) in [5.74, 6) is 0.334. The number of amides is 2. The summed E-state index contributed by atoms with van der Waals surface area (Å²) < 4.78 is 0. The van der Waals surface area contributed by atoms with E-state index < -0.39 is 0 Å². The lowest BCUT2D eigenvalue weighted by Gasteiger charge is -2.19. The number of benzene rings is 1. The Hall–Kier alpha value is -2.14. The van der Waals surface area contributed by atoms with E-state index in [4.69, 9.17) is 0 Å². The maximum Gasteiger partial charge on any atom is 0.258 e. The molecule has 0 radical (unpaired) electrons. The molecule has 1 aromatic carbocycles. The first-order chi connectivity index (χ1) is 11.5. The Labute approximate surface area is 146 Å². The van der Waals surface area contributed by atoms with Gasteiger partial charge in [-0.2, -0.15) is 0 Å². The molecule has 0 saturated carbocycles. The van der Waals surface area contributed by atoms with E-state index >= 15 is 0 Å². The molecule has 3 rings (SSSR count). The number of nitrogens with one attached hydrogen (secondary N) is 2. The maximum absolute atomic E-state index is 12.9. The molecule has 2 aromatic rings. The van der Waals surface area contributed by atoms with Crippen LogP contribution in [0.2, 0.25) is 0 Å². The molecule has 0 unspecified atom stereocenters. The summed E-state index contributed by atoms with van der Waals surface area (Å²) in [7, 11) is 0. The molecule has 2 amide bonds. The van der Waals surface area contributed by atoms with Crippen molar-refractivity contribution < 1.29 is 9.59 Å². The normalized spacial score (nSPS) is 16.4. The predicted octanol–water partition coefficient (Wildman–Crippen LogP) is 4.39. The lowest BCUT2D eigenvalue weighted by atomic mass is 9.88. The number of carbonyl (C=O) groups is 2. The Bertz CT molecular complexity index is 795. The zero-order valence-corrected chi connectivity index (χ0v) is 15.0. The lowest BCUT2D eigenvalue weighted by Crippen LogP contribution is -2.19. The van der Waals surface area contributed by atoms with E-state index in [1.165, 1.54) is 11.8 Å². The fraction of sp³-hybridized carbons (Fsp3) is 0.368. The topological polar surface area (TPSA) is 58.2 Å². The number of hydrogen-bond donors (Lipinski definition) is 2. The lowest BCUT2D eigenvalue weighted by molar-refractivity contribution is -0.114. The van der Waals surface area contributed by atoms with Gasteiger partial charge in [0.1, 0.15) is 5.00 Å². The van der Waals surface area contributed by atoms with Gasteiger partial charge in [0.25, 0.3) is 5.91 Å². The molecule has 2 N–H and O–H groups in total. The Balaban J connectivity index is 1.97. The number of anilines is 2. The van der Waals surface area contributed by atoms with E-state index in [-0.39, 0.29) is 11.8 Å². The molecular weight excluding hydrogens is 320 g/mol. The van der Waals surface area contributed by atoms with Gasteiger partial charge in [-0.05, 0) is 49.3 Å². The number of thiophene rings is 1. The van der Waals surface area contributed by atoms with E-state index in [0.29, 0.717) is 16.5 Å². The van der Waals surface area contributed by atoms with Crippen LogP contribution >= 0.6 is 11.3 Å². The van der Waals surface area contributed by atoms with Crippen molar-refractivity contribution in [1.82, 2.24) is 0 Å². The van der Waals surface area contributed by atoms with Crippen LogP contribution in [0.1, 0.15) is 46.6 Å². The first-order valence-electron chi connectivity index (χ1n) is 8.24. The van der Waals surface area contributed by atoms with Crippen LogP contribution in [-0.2, 0) is 17.6 Å². The molecule has 4 nitrogen and oxygen atoms in total. The van der Waals surface area contributed by atoms with Crippen molar-refractivity contribution in [2.24, 2.45) is 5.92 Å². The summed E-state index contributed by atoms with van der Waals surface area (Å²) in [4.78, 5) is 25.7. The molecule has 1 aliphatic rings. The molecule has 0 saturated heterocycles. The van der Waals surface area contributed by atoms with Crippen LogP contribution in [0.4, 0.5) is 10.7 Å². The number of rotatable bonds is 3. The highest BCUT2D eigenvalue weighted by Gasteiger charge is 2.28.